The molecule has 0 aromatic heterocycles. The molecule has 0 aliphatic carbocycles. The third-order valence-corrected chi connectivity index (χ3v) is 1.90. The second-order valence-corrected chi connectivity index (χ2v) is 3.05. The molecule has 0 unspecified atom stereocenters. The first kappa shape index (κ1) is 11.7. The molecule has 0 radical (unpaired) electrons. The van der Waals surface area contributed by atoms with Gasteiger partial charge in [-0.05, 0) is 6.42 Å². The van der Waals surface area contributed by atoms with Gasteiger partial charge in [0.05, 0.1) is 32.5 Å². The summed E-state index contributed by atoms with van der Waals surface area (Å²) < 4.78 is 20.8. The summed E-state index contributed by atoms with van der Waals surface area (Å²) in [4.78, 5) is 0. The summed E-state index contributed by atoms with van der Waals surface area (Å²) in [6, 6.07) is 0. The molecule has 14 heavy (non-hydrogen) atoms. The predicted molar refractivity (Wildman–Crippen MR) is 52.1 cm³/mol. The fourth-order valence-electron chi connectivity index (χ4n) is 1.11. The van der Waals surface area contributed by atoms with E-state index in [0.29, 0.717) is 33.2 Å². The normalized spacial score (nSPS) is 22.2. The molecule has 4 nitrogen and oxygen atoms in total. The maximum atomic E-state index is 5.46. The SMILES string of the molecule is COCCOCO[C@@H]1CC=CCOC1. The van der Waals surface area contributed by atoms with E-state index in [9.17, 15) is 0 Å². The summed E-state index contributed by atoms with van der Waals surface area (Å²) in [5, 5.41) is 0. The Morgan fingerprint density at radius 2 is 2.29 bits per heavy atom. The molecule has 0 fully saturated rings. The van der Waals surface area contributed by atoms with Crippen molar-refractivity contribution in [2.24, 2.45) is 0 Å². The molecule has 0 saturated heterocycles. The van der Waals surface area contributed by atoms with E-state index in [2.05, 4.69) is 6.08 Å². The number of methoxy groups -OCH3 is 1. The van der Waals surface area contributed by atoms with E-state index in [-0.39, 0.29) is 6.10 Å². The Morgan fingerprint density at radius 1 is 1.36 bits per heavy atom. The lowest BCUT2D eigenvalue weighted by Gasteiger charge is -2.14. The first-order valence-corrected chi connectivity index (χ1v) is 4.84. The van der Waals surface area contributed by atoms with Gasteiger partial charge in [-0.15, -0.1) is 0 Å². The van der Waals surface area contributed by atoms with Crippen LogP contribution >= 0.6 is 0 Å². The lowest BCUT2D eigenvalue weighted by atomic mass is 10.2. The van der Waals surface area contributed by atoms with Crippen molar-refractivity contribution in [3.8, 4) is 0 Å². The zero-order chi connectivity index (χ0) is 10.1. The van der Waals surface area contributed by atoms with Crippen molar-refractivity contribution in [2.45, 2.75) is 12.5 Å². The lowest BCUT2D eigenvalue weighted by Crippen LogP contribution is -2.20. The molecule has 0 aromatic rings. The van der Waals surface area contributed by atoms with Gasteiger partial charge in [0.1, 0.15) is 6.79 Å². The van der Waals surface area contributed by atoms with Crippen LogP contribution in [0.15, 0.2) is 12.2 Å². The maximum Gasteiger partial charge on any atom is 0.147 e. The van der Waals surface area contributed by atoms with Crippen molar-refractivity contribution in [1.29, 1.82) is 0 Å². The molecule has 1 heterocycles. The van der Waals surface area contributed by atoms with Gasteiger partial charge < -0.3 is 18.9 Å². The second-order valence-electron chi connectivity index (χ2n) is 3.05. The Hall–Kier alpha value is -0.420. The van der Waals surface area contributed by atoms with Gasteiger partial charge in [-0.2, -0.15) is 0 Å². The first-order chi connectivity index (χ1) is 6.93. The topological polar surface area (TPSA) is 36.9 Å². The van der Waals surface area contributed by atoms with Crippen molar-refractivity contribution in [2.75, 3.05) is 40.3 Å². The number of rotatable bonds is 6. The number of hydrogen-bond acceptors (Lipinski definition) is 4. The summed E-state index contributed by atoms with van der Waals surface area (Å²) in [5.41, 5.74) is 0. The average Bonchev–Trinajstić information content (AvgIpc) is 2.46. The summed E-state index contributed by atoms with van der Waals surface area (Å²) in [5.74, 6) is 0. The third-order valence-electron chi connectivity index (χ3n) is 1.90. The maximum absolute atomic E-state index is 5.46. The molecule has 4 heteroatoms. The highest BCUT2D eigenvalue weighted by atomic mass is 16.7. The van der Waals surface area contributed by atoms with Gasteiger partial charge in [-0.3, -0.25) is 0 Å². The molecule has 82 valence electrons. The van der Waals surface area contributed by atoms with E-state index >= 15 is 0 Å². The average molecular weight is 202 g/mol. The zero-order valence-electron chi connectivity index (χ0n) is 8.61. The highest BCUT2D eigenvalue weighted by Gasteiger charge is 2.09. The Balaban J connectivity index is 1.97. The minimum absolute atomic E-state index is 0.122. The van der Waals surface area contributed by atoms with Crippen molar-refractivity contribution in [3.63, 3.8) is 0 Å². The van der Waals surface area contributed by atoms with Crippen LogP contribution < -0.4 is 0 Å². The fourth-order valence-corrected chi connectivity index (χ4v) is 1.11. The van der Waals surface area contributed by atoms with Crippen LogP contribution in [-0.4, -0.2) is 46.4 Å². The molecule has 1 rings (SSSR count). The van der Waals surface area contributed by atoms with Crippen LogP contribution in [0.1, 0.15) is 6.42 Å². The van der Waals surface area contributed by atoms with E-state index in [1.54, 1.807) is 7.11 Å². The first-order valence-electron chi connectivity index (χ1n) is 4.84. The lowest BCUT2D eigenvalue weighted by molar-refractivity contribution is -0.112. The van der Waals surface area contributed by atoms with Crippen LogP contribution in [0.5, 0.6) is 0 Å². The highest BCUT2D eigenvalue weighted by molar-refractivity contribution is 4.87. The number of hydrogen-bond donors (Lipinski definition) is 0. The van der Waals surface area contributed by atoms with Gasteiger partial charge in [0.2, 0.25) is 0 Å². The second kappa shape index (κ2) is 7.94. The largest absolute Gasteiger partial charge is 0.382 e. The smallest absolute Gasteiger partial charge is 0.147 e. The van der Waals surface area contributed by atoms with E-state index in [4.69, 9.17) is 18.9 Å². The molecule has 0 aromatic carbocycles. The summed E-state index contributed by atoms with van der Waals surface area (Å²) in [6.45, 7) is 2.81. The molecular weight excluding hydrogens is 184 g/mol. The predicted octanol–water partition coefficient (Wildman–Crippen LogP) is 0.969. The molecule has 0 amide bonds. The van der Waals surface area contributed by atoms with Crippen LogP contribution in [0.3, 0.4) is 0 Å². The van der Waals surface area contributed by atoms with Crippen LogP contribution in [0, 0.1) is 0 Å². The molecule has 1 aliphatic heterocycles. The van der Waals surface area contributed by atoms with Crippen molar-refractivity contribution in [1.82, 2.24) is 0 Å². The summed E-state index contributed by atoms with van der Waals surface area (Å²) >= 11 is 0. The molecule has 0 bridgehead atoms. The van der Waals surface area contributed by atoms with Gasteiger partial charge in [0.25, 0.3) is 0 Å². The zero-order valence-corrected chi connectivity index (χ0v) is 8.61. The Morgan fingerprint density at radius 3 is 3.14 bits per heavy atom. The Labute approximate surface area is 84.8 Å². The molecule has 0 saturated carbocycles. The minimum Gasteiger partial charge on any atom is -0.382 e. The van der Waals surface area contributed by atoms with Crippen molar-refractivity contribution < 1.29 is 18.9 Å². The van der Waals surface area contributed by atoms with Crippen LogP contribution in [-0.2, 0) is 18.9 Å². The van der Waals surface area contributed by atoms with E-state index in [1.807, 2.05) is 6.08 Å². The fraction of sp³-hybridized carbons (Fsp3) is 0.800. The molecule has 0 N–H and O–H groups in total. The molecular formula is C10H18O4. The van der Waals surface area contributed by atoms with Crippen molar-refractivity contribution >= 4 is 0 Å². The molecule has 0 spiro atoms. The van der Waals surface area contributed by atoms with Crippen LogP contribution in [0.4, 0.5) is 0 Å². The van der Waals surface area contributed by atoms with Gasteiger partial charge in [0.15, 0.2) is 0 Å². The quantitative estimate of drug-likeness (QED) is 0.365. The minimum atomic E-state index is 0.122. The standard InChI is InChI=1S/C10H18O4/c1-11-6-7-13-9-14-10-4-2-3-5-12-8-10/h2-3,10H,4-9H2,1H3/t10-/m1/s1. The van der Waals surface area contributed by atoms with E-state index in [1.165, 1.54) is 0 Å². The van der Waals surface area contributed by atoms with Gasteiger partial charge >= 0.3 is 0 Å². The third kappa shape index (κ3) is 5.34. The van der Waals surface area contributed by atoms with Crippen LogP contribution in [0.25, 0.3) is 0 Å². The van der Waals surface area contributed by atoms with Crippen molar-refractivity contribution in [3.05, 3.63) is 12.2 Å². The van der Waals surface area contributed by atoms with Gasteiger partial charge in [-0.25, -0.2) is 0 Å². The van der Waals surface area contributed by atoms with E-state index in [0.717, 1.165) is 6.42 Å². The summed E-state index contributed by atoms with van der Waals surface area (Å²) in [7, 11) is 1.65. The van der Waals surface area contributed by atoms with Gasteiger partial charge in [-0.1, -0.05) is 12.2 Å². The Bertz CT molecular complexity index is 158. The number of ether oxygens (including phenoxy) is 4. The molecule has 1 aliphatic rings. The summed E-state index contributed by atoms with van der Waals surface area (Å²) in [6.07, 6.45) is 5.10. The van der Waals surface area contributed by atoms with Crippen LogP contribution in [0.2, 0.25) is 0 Å². The highest BCUT2D eigenvalue weighted by Crippen LogP contribution is 2.04. The van der Waals surface area contributed by atoms with Gasteiger partial charge in [0, 0.05) is 7.11 Å². The van der Waals surface area contributed by atoms with E-state index < -0.39 is 0 Å². The molecule has 1 atom stereocenters. The monoisotopic (exact) mass is 202 g/mol. The Kier molecular flexibility index (Phi) is 6.61.